The molecule has 0 bridgehead atoms. The molecule has 1 unspecified atom stereocenters. The number of hydrogen-bond donors (Lipinski definition) is 1. The smallest absolute Gasteiger partial charge is 0.365 e. The van der Waals surface area contributed by atoms with Crippen LogP contribution >= 0.6 is 11.6 Å². The first kappa shape index (κ1) is 21.0. The van der Waals surface area contributed by atoms with Crippen LogP contribution in [0.5, 0.6) is 0 Å². The number of aromatic nitrogens is 3. The van der Waals surface area contributed by atoms with Crippen molar-refractivity contribution in [3.8, 4) is 0 Å². The predicted molar refractivity (Wildman–Crippen MR) is 109 cm³/mol. The van der Waals surface area contributed by atoms with E-state index >= 15 is 0 Å². The van der Waals surface area contributed by atoms with Crippen LogP contribution in [0.2, 0.25) is 0 Å². The summed E-state index contributed by atoms with van der Waals surface area (Å²) in [6, 6.07) is 2.84. The van der Waals surface area contributed by atoms with E-state index in [1.54, 1.807) is 12.2 Å². The van der Waals surface area contributed by atoms with Gasteiger partial charge >= 0.3 is 6.18 Å². The van der Waals surface area contributed by atoms with Gasteiger partial charge in [-0.05, 0) is 26.1 Å². The first-order chi connectivity index (χ1) is 13.8. The molecule has 0 spiro atoms. The zero-order valence-electron chi connectivity index (χ0n) is 15.7. The van der Waals surface area contributed by atoms with E-state index in [1.165, 1.54) is 12.1 Å². The highest BCUT2D eigenvalue weighted by atomic mass is 35.5. The van der Waals surface area contributed by atoms with Crippen LogP contribution in [0.3, 0.4) is 0 Å². The Kier molecular flexibility index (Phi) is 6.36. The van der Waals surface area contributed by atoms with Gasteiger partial charge in [-0.1, -0.05) is 18.2 Å². The molecule has 2 aromatic heterocycles. The molecule has 29 heavy (non-hydrogen) atoms. The van der Waals surface area contributed by atoms with E-state index < -0.39 is 11.9 Å². The maximum Gasteiger partial charge on any atom is 0.433 e. The summed E-state index contributed by atoms with van der Waals surface area (Å²) >= 11 is 6.18. The second kappa shape index (κ2) is 8.77. The van der Waals surface area contributed by atoms with Gasteiger partial charge in [-0.3, -0.25) is 4.98 Å². The monoisotopic (exact) mass is 424 g/mol. The van der Waals surface area contributed by atoms with Crippen LogP contribution in [-0.2, 0) is 12.7 Å². The molecule has 154 valence electrons. The van der Waals surface area contributed by atoms with Crippen LogP contribution in [0, 0.1) is 0 Å². The van der Waals surface area contributed by atoms with E-state index in [4.69, 9.17) is 11.6 Å². The lowest BCUT2D eigenvalue weighted by atomic mass is 10.1. The van der Waals surface area contributed by atoms with Gasteiger partial charge in [0.15, 0.2) is 5.82 Å². The van der Waals surface area contributed by atoms with Crippen molar-refractivity contribution in [3.05, 3.63) is 41.2 Å². The summed E-state index contributed by atoms with van der Waals surface area (Å²) in [5, 5.41) is 2.98. The van der Waals surface area contributed by atoms with Gasteiger partial charge in [0.1, 0.15) is 11.5 Å². The van der Waals surface area contributed by atoms with Crippen molar-refractivity contribution in [1.29, 1.82) is 0 Å². The fraction of sp³-hybridized carbons (Fsp3) is 0.368. The molecule has 1 N–H and O–H groups in total. The number of rotatable bonds is 6. The number of alkyl halides is 4. The molecule has 1 aliphatic heterocycles. The molecule has 0 saturated carbocycles. The number of pyridine rings is 1. The number of anilines is 2. The lowest BCUT2D eigenvalue weighted by Gasteiger charge is -2.19. The molecule has 1 saturated heterocycles. The SMILES string of the molecule is C=Nc1nc(N2CCC(Cl)C2)nc(NCc2cccnc2C(F)(F)F)c1/C=C\C. The van der Waals surface area contributed by atoms with Crippen molar-refractivity contribution < 1.29 is 13.2 Å². The number of allylic oxidation sites excluding steroid dienone is 1. The van der Waals surface area contributed by atoms with E-state index in [-0.39, 0.29) is 17.5 Å². The Morgan fingerprint density at radius 1 is 1.41 bits per heavy atom. The highest BCUT2D eigenvalue weighted by molar-refractivity contribution is 6.21. The quantitative estimate of drug-likeness (QED) is 0.538. The van der Waals surface area contributed by atoms with Crippen molar-refractivity contribution in [2.24, 2.45) is 4.99 Å². The molecule has 0 amide bonds. The first-order valence-electron chi connectivity index (χ1n) is 8.99. The Bertz CT molecular complexity index is 915. The van der Waals surface area contributed by atoms with Gasteiger partial charge in [0.2, 0.25) is 5.95 Å². The molecular weight excluding hydrogens is 405 g/mol. The van der Waals surface area contributed by atoms with Crippen LogP contribution in [0.4, 0.5) is 30.8 Å². The fourth-order valence-electron chi connectivity index (χ4n) is 3.08. The molecule has 0 radical (unpaired) electrons. The minimum atomic E-state index is -4.54. The normalized spacial score (nSPS) is 17.1. The highest BCUT2D eigenvalue weighted by Gasteiger charge is 2.35. The Balaban J connectivity index is 1.96. The molecule has 3 heterocycles. The average molecular weight is 425 g/mol. The van der Waals surface area contributed by atoms with Gasteiger partial charge in [0, 0.05) is 31.4 Å². The summed E-state index contributed by atoms with van der Waals surface area (Å²) in [6.45, 7) is 6.53. The minimum Gasteiger partial charge on any atom is -0.365 e. The van der Waals surface area contributed by atoms with E-state index in [1.807, 2.05) is 11.8 Å². The van der Waals surface area contributed by atoms with Crippen LogP contribution in [0.1, 0.15) is 30.2 Å². The molecule has 10 heteroatoms. The topological polar surface area (TPSA) is 66.3 Å². The maximum absolute atomic E-state index is 13.2. The molecule has 0 aromatic carbocycles. The molecule has 3 rings (SSSR count). The Hall–Kier alpha value is -2.68. The first-order valence-corrected chi connectivity index (χ1v) is 9.42. The van der Waals surface area contributed by atoms with Crippen LogP contribution < -0.4 is 10.2 Å². The minimum absolute atomic E-state index is 0.00454. The van der Waals surface area contributed by atoms with Crippen LogP contribution in [0.25, 0.3) is 6.08 Å². The van der Waals surface area contributed by atoms with Crippen molar-refractivity contribution in [1.82, 2.24) is 15.0 Å². The van der Waals surface area contributed by atoms with Crippen molar-refractivity contribution in [3.63, 3.8) is 0 Å². The molecule has 6 nitrogen and oxygen atoms in total. The number of aliphatic imine (C=N–C) groups is 1. The summed E-state index contributed by atoms with van der Waals surface area (Å²) in [4.78, 5) is 18.3. The van der Waals surface area contributed by atoms with Crippen molar-refractivity contribution >= 4 is 42.0 Å². The van der Waals surface area contributed by atoms with E-state index in [9.17, 15) is 13.2 Å². The van der Waals surface area contributed by atoms with Gasteiger partial charge in [-0.15, -0.1) is 11.6 Å². The fourth-order valence-corrected chi connectivity index (χ4v) is 3.34. The van der Waals surface area contributed by atoms with Crippen LogP contribution in [-0.4, -0.2) is 40.1 Å². The zero-order valence-corrected chi connectivity index (χ0v) is 16.5. The summed E-state index contributed by atoms with van der Waals surface area (Å²) in [6.07, 6.45) is 0.883. The van der Waals surface area contributed by atoms with Crippen LogP contribution in [0.15, 0.2) is 29.4 Å². The van der Waals surface area contributed by atoms with Gasteiger partial charge in [-0.25, -0.2) is 4.99 Å². The standard InChI is InChI=1S/C19H20ClF3N6/c1-3-5-14-16(24-2)27-18(29-9-7-13(20)11-29)28-17(14)26-10-12-6-4-8-25-15(12)19(21,22)23/h3-6,8,13H,2,7,9-11H2,1H3,(H,26,27,28)/b5-3-. The van der Waals surface area contributed by atoms with Crippen molar-refractivity contribution in [2.75, 3.05) is 23.3 Å². The number of halogens is 4. The molecular formula is C19H20ClF3N6. The Morgan fingerprint density at radius 3 is 2.83 bits per heavy atom. The third-order valence-corrected chi connectivity index (χ3v) is 4.77. The van der Waals surface area contributed by atoms with E-state index in [2.05, 4.69) is 32.0 Å². The number of nitrogens with zero attached hydrogens (tertiary/aromatic N) is 5. The average Bonchev–Trinajstić information content (AvgIpc) is 3.13. The lowest BCUT2D eigenvalue weighted by Crippen LogP contribution is -2.23. The van der Waals surface area contributed by atoms with E-state index in [0.29, 0.717) is 36.2 Å². The summed E-state index contributed by atoms with van der Waals surface area (Å²) in [5.41, 5.74) is -0.368. The van der Waals surface area contributed by atoms with Gasteiger partial charge in [0.05, 0.1) is 10.9 Å². The van der Waals surface area contributed by atoms with Gasteiger partial charge in [0.25, 0.3) is 0 Å². The second-order valence-electron chi connectivity index (χ2n) is 6.46. The van der Waals surface area contributed by atoms with Gasteiger partial charge < -0.3 is 10.2 Å². The predicted octanol–water partition coefficient (Wildman–Crippen LogP) is 4.69. The molecule has 1 fully saturated rings. The van der Waals surface area contributed by atoms with Crippen molar-refractivity contribution in [2.45, 2.75) is 31.4 Å². The molecule has 2 aromatic rings. The van der Waals surface area contributed by atoms with E-state index in [0.717, 1.165) is 12.6 Å². The number of hydrogen-bond acceptors (Lipinski definition) is 6. The molecule has 0 aliphatic carbocycles. The highest BCUT2D eigenvalue weighted by Crippen LogP contribution is 2.32. The largest absolute Gasteiger partial charge is 0.433 e. The number of nitrogens with one attached hydrogen (secondary N) is 1. The summed E-state index contributed by atoms with van der Waals surface area (Å²) in [7, 11) is 0. The third kappa shape index (κ3) is 4.84. The second-order valence-corrected chi connectivity index (χ2v) is 7.08. The molecule has 1 aliphatic rings. The zero-order chi connectivity index (χ0) is 21.0. The lowest BCUT2D eigenvalue weighted by molar-refractivity contribution is -0.141. The summed E-state index contributed by atoms with van der Waals surface area (Å²) in [5.74, 6) is 1.12. The third-order valence-electron chi connectivity index (χ3n) is 4.42. The Labute approximate surface area is 171 Å². The Morgan fingerprint density at radius 2 is 2.21 bits per heavy atom. The maximum atomic E-state index is 13.2. The molecule has 1 atom stereocenters. The summed E-state index contributed by atoms with van der Waals surface area (Å²) < 4.78 is 39.7. The van der Waals surface area contributed by atoms with Gasteiger partial charge in [-0.2, -0.15) is 23.1 Å².